The summed E-state index contributed by atoms with van der Waals surface area (Å²) in [5.74, 6) is 0.429. The molecule has 1 aromatic rings. The maximum atomic E-state index is 12.5. The van der Waals surface area contributed by atoms with Crippen LogP contribution >= 0.6 is 0 Å². The van der Waals surface area contributed by atoms with Gasteiger partial charge in [0.05, 0.1) is 6.26 Å². The predicted molar refractivity (Wildman–Crippen MR) is 82.1 cm³/mol. The molecular formula is C14H23N3O4S. The van der Waals surface area contributed by atoms with Crippen molar-refractivity contribution in [3.05, 3.63) is 17.5 Å². The molecule has 0 aliphatic carbocycles. The Morgan fingerprint density at radius 3 is 2.45 bits per heavy atom. The second kappa shape index (κ2) is 5.66. The normalized spacial score (nSPS) is 21.1. The second-order valence-electron chi connectivity index (χ2n) is 6.80. The van der Waals surface area contributed by atoms with Gasteiger partial charge >= 0.3 is 0 Å². The van der Waals surface area contributed by atoms with Crippen molar-refractivity contribution < 1.29 is 17.7 Å². The molecular weight excluding hydrogens is 306 g/mol. The van der Waals surface area contributed by atoms with E-state index in [1.54, 1.807) is 17.9 Å². The zero-order chi connectivity index (χ0) is 16.7. The highest BCUT2D eigenvalue weighted by molar-refractivity contribution is 7.88. The van der Waals surface area contributed by atoms with E-state index in [4.69, 9.17) is 4.52 Å². The minimum Gasteiger partial charge on any atom is -0.360 e. The first kappa shape index (κ1) is 17.0. The van der Waals surface area contributed by atoms with Crippen LogP contribution in [-0.4, -0.2) is 60.6 Å². The largest absolute Gasteiger partial charge is 0.360 e. The van der Waals surface area contributed by atoms with Crippen molar-refractivity contribution in [2.24, 2.45) is 0 Å². The zero-order valence-electron chi connectivity index (χ0n) is 13.7. The highest BCUT2D eigenvalue weighted by Crippen LogP contribution is 2.23. The molecule has 1 aliphatic rings. The van der Waals surface area contributed by atoms with Gasteiger partial charge in [-0.2, -0.15) is 4.31 Å². The number of carbonyl (C=O) groups is 1. The van der Waals surface area contributed by atoms with E-state index in [0.717, 1.165) is 0 Å². The highest BCUT2D eigenvalue weighted by Gasteiger charge is 2.33. The minimum absolute atomic E-state index is 0.214. The summed E-state index contributed by atoms with van der Waals surface area (Å²) in [6.45, 7) is 8.75. The molecule has 0 N–H and O–H groups in total. The molecule has 1 fully saturated rings. The third-order valence-corrected chi connectivity index (χ3v) is 5.14. The van der Waals surface area contributed by atoms with Gasteiger partial charge in [-0.25, -0.2) is 8.42 Å². The molecule has 7 nitrogen and oxygen atoms in total. The van der Waals surface area contributed by atoms with Gasteiger partial charge < -0.3 is 9.42 Å². The molecule has 1 aromatic heterocycles. The van der Waals surface area contributed by atoms with Crippen LogP contribution in [0.3, 0.4) is 0 Å². The molecule has 22 heavy (non-hydrogen) atoms. The van der Waals surface area contributed by atoms with Gasteiger partial charge in [0.1, 0.15) is 5.76 Å². The number of carbonyl (C=O) groups excluding carboxylic acids is 1. The monoisotopic (exact) mass is 329 g/mol. The molecule has 2 heterocycles. The van der Waals surface area contributed by atoms with Crippen molar-refractivity contribution >= 4 is 15.9 Å². The van der Waals surface area contributed by atoms with Crippen LogP contribution in [0.25, 0.3) is 0 Å². The maximum absolute atomic E-state index is 12.5. The molecule has 0 aromatic carbocycles. The van der Waals surface area contributed by atoms with Crippen molar-refractivity contribution in [3.8, 4) is 0 Å². The standard InChI is InChI=1S/C14H23N3O4S/c1-10-9-16(6-7-17(10)22(5,19)20)13(18)11-8-12(21-15-11)14(2,3)4/h8,10H,6-7,9H2,1-5H3/t10-/m0/s1. The van der Waals surface area contributed by atoms with Gasteiger partial charge in [0.25, 0.3) is 5.91 Å². The average Bonchev–Trinajstić information content (AvgIpc) is 2.85. The van der Waals surface area contributed by atoms with Crippen LogP contribution in [0, 0.1) is 0 Å². The fourth-order valence-electron chi connectivity index (χ4n) is 2.51. The number of amides is 1. The molecule has 0 radical (unpaired) electrons. The average molecular weight is 329 g/mol. The van der Waals surface area contributed by atoms with Gasteiger partial charge in [0.2, 0.25) is 10.0 Å². The summed E-state index contributed by atoms with van der Waals surface area (Å²) in [4.78, 5) is 14.1. The molecule has 8 heteroatoms. The van der Waals surface area contributed by atoms with Crippen LogP contribution in [0.4, 0.5) is 0 Å². The van der Waals surface area contributed by atoms with Crippen LogP contribution in [0.1, 0.15) is 43.9 Å². The summed E-state index contributed by atoms with van der Waals surface area (Å²) >= 11 is 0. The molecule has 0 bridgehead atoms. The van der Waals surface area contributed by atoms with Crippen molar-refractivity contribution in [2.75, 3.05) is 25.9 Å². The van der Waals surface area contributed by atoms with Gasteiger partial charge in [-0.3, -0.25) is 4.79 Å². The highest BCUT2D eigenvalue weighted by atomic mass is 32.2. The number of sulfonamides is 1. The van der Waals surface area contributed by atoms with E-state index in [0.29, 0.717) is 25.4 Å². The lowest BCUT2D eigenvalue weighted by atomic mass is 9.93. The summed E-state index contributed by atoms with van der Waals surface area (Å²) in [5.41, 5.74) is 0.0540. The summed E-state index contributed by atoms with van der Waals surface area (Å²) in [5, 5.41) is 3.85. The lowest BCUT2D eigenvalue weighted by Gasteiger charge is -2.37. The molecule has 124 valence electrons. The Morgan fingerprint density at radius 2 is 2.00 bits per heavy atom. The molecule has 1 amide bonds. The zero-order valence-corrected chi connectivity index (χ0v) is 14.5. The number of rotatable bonds is 2. The molecule has 1 aliphatic heterocycles. The first-order chi connectivity index (χ1) is 10.00. The predicted octanol–water partition coefficient (Wildman–Crippen LogP) is 1.08. The maximum Gasteiger partial charge on any atom is 0.276 e. The van der Waals surface area contributed by atoms with Gasteiger partial charge in [-0.1, -0.05) is 25.9 Å². The van der Waals surface area contributed by atoms with E-state index in [2.05, 4.69) is 5.16 Å². The lowest BCUT2D eigenvalue weighted by molar-refractivity contribution is 0.0632. The van der Waals surface area contributed by atoms with E-state index in [1.165, 1.54) is 10.6 Å². The van der Waals surface area contributed by atoms with Crippen LogP contribution in [0.2, 0.25) is 0 Å². The third kappa shape index (κ3) is 3.49. The van der Waals surface area contributed by atoms with Gasteiger partial charge in [0.15, 0.2) is 5.69 Å². The van der Waals surface area contributed by atoms with E-state index < -0.39 is 10.0 Å². The minimum atomic E-state index is -3.24. The van der Waals surface area contributed by atoms with Crippen molar-refractivity contribution in [1.29, 1.82) is 0 Å². The summed E-state index contributed by atoms with van der Waals surface area (Å²) < 4.78 is 30.0. The lowest BCUT2D eigenvalue weighted by Crippen LogP contribution is -2.55. The van der Waals surface area contributed by atoms with Gasteiger partial charge in [-0.15, -0.1) is 0 Å². The molecule has 0 saturated carbocycles. The van der Waals surface area contributed by atoms with Crippen molar-refractivity contribution in [2.45, 2.75) is 39.2 Å². The van der Waals surface area contributed by atoms with Gasteiger partial charge in [0, 0.05) is 37.2 Å². The van der Waals surface area contributed by atoms with Crippen molar-refractivity contribution in [1.82, 2.24) is 14.4 Å². The molecule has 1 atom stereocenters. The van der Waals surface area contributed by atoms with Crippen LogP contribution < -0.4 is 0 Å². The Bertz CT molecular complexity index is 660. The Kier molecular flexibility index (Phi) is 4.36. The number of aromatic nitrogens is 1. The van der Waals surface area contributed by atoms with Crippen LogP contribution in [-0.2, 0) is 15.4 Å². The fraction of sp³-hybridized carbons (Fsp3) is 0.714. The first-order valence-corrected chi connectivity index (χ1v) is 9.08. The molecule has 1 saturated heterocycles. The van der Waals surface area contributed by atoms with E-state index in [-0.39, 0.29) is 23.1 Å². The van der Waals surface area contributed by atoms with E-state index >= 15 is 0 Å². The van der Waals surface area contributed by atoms with E-state index in [9.17, 15) is 13.2 Å². The van der Waals surface area contributed by atoms with E-state index in [1.807, 2.05) is 20.8 Å². The molecule has 0 unspecified atom stereocenters. The third-order valence-electron chi connectivity index (χ3n) is 3.75. The summed E-state index contributed by atoms with van der Waals surface area (Å²) in [6, 6.07) is 1.41. The summed E-state index contributed by atoms with van der Waals surface area (Å²) in [6.07, 6.45) is 1.19. The molecule has 0 spiro atoms. The van der Waals surface area contributed by atoms with Crippen LogP contribution in [0.15, 0.2) is 10.6 Å². The SMILES string of the molecule is C[C@H]1CN(C(=O)c2cc(C(C)(C)C)on2)CCN1S(C)(=O)=O. The van der Waals surface area contributed by atoms with Crippen LogP contribution in [0.5, 0.6) is 0 Å². The smallest absolute Gasteiger partial charge is 0.276 e. The number of hydrogen-bond donors (Lipinski definition) is 0. The Balaban J connectivity index is 2.11. The topological polar surface area (TPSA) is 83.7 Å². The van der Waals surface area contributed by atoms with Gasteiger partial charge in [-0.05, 0) is 6.92 Å². The number of piperazine rings is 1. The number of nitrogens with zero attached hydrogens (tertiary/aromatic N) is 3. The molecule has 2 rings (SSSR count). The Morgan fingerprint density at radius 1 is 1.36 bits per heavy atom. The first-order valence-electron chi connectivity index (χ1n) is 7.23. The van der Waals surface area contributed by atoms with Crippen molar-refractivity contribution in [3.63, 3.8) is 0 Å². The fourth-order valence-corrected chi connectivity index (χ4v) is 3.64. The number of hydrogen-bond acceptors (Lipinski definition) is 5. The Hall–Kier alpha value is -1.41. The quantitative estimate of drug-likeness (QED) is 0.810. The Labute approximate surface area is 131 Å². The summed E-state index contributed by atoms with van der Waals surface area (Å²) in [7, 11) is -3.24. The second-order valence-corrected chi connectivity index (χ2v) is 8.74.